The minimum absolute atomic E-state index is 0.118. The molecule has 0 bridgehead atoms. The lowest BCUT2D eigenvalue weighted by Gasteiger charge is -2.30. The highest BCUT2D eigenvalue weighted by atomic mass is 16.2. The van der Waals surface area contributed by atoms with Crippen LogP contribution < -0.4 is 10.6 Å². The molecule has 1 amide bonds. The molecular weight excluding hydrogens is 390 g/mol. The van der Waals surface area contributed by atoms with Crippen molar-refractivity contribution in [3.05, 3.63) is 17.8 Å². The number of likely N-dealkylation sites (tertiary alicyclic amines) is 1. The zero-order chi connectivity index (χ0) is 21.6. The Hall–Kier alpha value is -2.66. The second-order valence-electron chi connectivity index (χ2n) is 8.91. The van der Waals surface area contributed by atoms with Crippen LogP contribution in [0.3, 0.4) is 0 Å². The van der Waals surface area contributed by atoms with Crippen LogP contribution in [0.15, 0.2) is 12.1 Å². The maximum atomic E-state index is 12.9. The summed E-state index contributed by atoms with van der Waals surface area (Å²) < 4.78 is 1.70. The van der Waals surface area contributed by atoms with Crippen molar-refractivity contribution in [2.45, 2.75) is 69.9 Å². The predicted octanol–water partition coefficient (Wildman–Crippen LogP) is 3.21. The number of nitrogens with zero attached hydrogens (tertiary/aromatic N) is 5. The maximum Gasteiger partial charge on any atom is 0.272 e. The number of nitrogens with one attached hydrogen (secondary N) is 2. The van der Waals surface area contributed by atoms with E-state index in [0.717, 1.165) is 42.8 Å². The SMILES string of the molecule is Cn1nc(C(=O)NC2CCN(CC#N)CC2)c2ccc(NC3CCCCCCC3)nc21. The molecule has 1 saturated heterocycles. The molecule has 1 saturated carbocycles. The van der Waals surface area contributed by atoms with Crippen molar-refractivity contribution in [1.82, 2.24) is 25.0 Å². The van der Waals surface area contributed by atoms with E-state index < -0.39 is 0 Å². The Morgan fingerprint density at radius 3 is 2.52 bits per heavy atom. The summed E-state index contributed by atoms with van der Waals surface area (Å²) in [6.45, 7) is 2.12. The molecular formula is C23H33N7O. The third kappa shape index (κ3) is 5.34. The molecule has 2 aromatic heterocycles. The summed E-state index contributed by atoms with van der Waals surface area (Å²) in [5.41, 5.74) is 1.16. The molecule has 4 rings (SSSR count). The molecule has 2 fully saturated rings. The second kappa shape index (κ2) is 10.1. The first-order valence-electron chi connectivity index (χ1n) is 11.6. The van der Waals surface area contributed by atoms with Crippen LogP contribution in [-0.2, 0) is 7.05 Å². The fraction of sp³-hybridized carbons (Fsp3) is 0.652. The molecule has 0 spiro atoms. The van der Waals surface area contributed by atoms with E-state index in [9.17, 15) is 4.79 Å². The van der Waals surface area contributed by atoms with E-state index in [1.54, 1.807) is 4.68 Å². The quantitative estimate of drug-likeness (QED) is 0.717. The van der Waals surface area contributed by atoms with E-state index in [2.05, 4.69) is 26.7 Å². The van der Waals surface area contributed by atoms with Gasteiger partial charge in [-0.05, 0) is 37.8 Å². The van der Waals surface area contributed by atoms with E-state index in [-0.39, 0.29) is 11.9 Å². The molecule has 2 aromatic rings. The van der Waals surface area contributed by atoms with E-state index >= 15 is 0 Å². The van der Waals surface area contributed by atoms with Crippen molar-refractivity contribution < 1.29 is 4.79 Å². The summed E-state index contributed by atoms with van der Waals surface area (Å²) in [4.78, 5) is 19.8. The number of anilines is 1. The number of aromatic nitrogens is 3. The van der Waals surface area contributed by atoms with Gasteiger partial charge in [-0.25, -0.2) is 9.67 Å². The van der Waals surface area contributed by atoms with Gasteiger partial charge in [0.05, 0.1) is 18.0 Å². The molecule has 8 nitrogen and oxygen atoms in total. The standard InChI is InChI=1S/C23H33N7O/c1-29-22-19(9-10-20(27-22)25-17-7-5-3-2-4-6-8-17)21(28-29)23(31)26-18-11-14-30(15-12-18)16-13-24/h9-10,17-18H,2-8,11-12,14-16H2,1H3,(H,25,27)(H,26,31). The molecule has 2 aliphatic rings. The van der Waals surface area contributed by atoms with Gasteiger partial charge in [-0.15, -0.1) is 0 Å². The zero-order valence-corrected chi connectivity index (χ0v) is 18.4. The molecule has 31 heavy (non-hydrogen) atoms. The third-order valence-electron chi connectivity index (χ3n) is 6.58. The number of rotatable bonds is 5. The Kier molecular flexibility index (Phi) is 7.03. The Morgan fingerprint density at radius 1 is 1.10 bits per heavy atom. The number of aryl methyl sites for hydroxylation is 1. The maximum absolute atomic E-state index is 12.9. The van der Waals surface area contributed by atoms with Crippen molar-refractivity contribution in [1.29, 1.82) is 5.26 Å². The first-order valence-corrected chi connectivity index (χ1v) is 11.6. The summed E-state index contributed by atoms with van der Waals surface area (Å²) in [6, 6.07) is 6.71. The van der Waals surface area contributed by atoms with Crippen LogP contribution in [0.25, 0.3) is 11.0 Å². The first-order chi connectivity index (χ1) is 15.1. The van der Waals surface area contributed by atoms with Crippen molar-refractivity contribution in [3.63, 3.8) is 0 Å². The summed E-state index contributed by atoms with van der Waals surface area (Å²) in [7, 11) is 1.84. The smallest absolute Gasteiger partial charge is 0.272 e. The number of nitriles is 1. The third-order valence-corrected chi connectivity index (χ3v) is 6.58. The Morgan fingerprint density at radius 2 is 1.81 bits per heavy atom. The zero-order valence-electron chi connectivity index (χ0n) is 18.4. The molecule has 3 heterocycles. The number of amides is 1. The Balaban J connectivity index is 1.42. The molecule has 0 aromatic carbocycles. The Bertz CT molecular complexity index is 931. The van der Waals surface area contributed by atoms with E-state index in [0.29, 0.717) is 18.3 Å². The molecule has 0 unspecified atom stereocenters. The van der Waals surface area contributed by atoms with Crippen LogP contribution in [0.5, 0.6) is 0 Å². The molecule has 2 N–H and O–H groups in total. The number of fused-ring (bicyclic) bond motifs is 1. The lowest BCUT2D eigenvalue weighted by molar-refractivity contribution is 0.0910. The van der Waals surface area contributed by atoms with Crippen molar-refractivity contribution in [3.8, 4) is 6.07 Å². The minimum Gasteiger partial charge on any atom is -0.367 e. The summed E-state index contributed by atoms with van der Waals surface area (Å²) in [6.07, 6.45) is 10.6. The summed E-state index contributed by atoms with van der Waals surface area (Å²) >= 11 is 0. The van der Waals surface area contributed by atoms with Crippen molar-refractivity contribution >= 4 is 22.8 Å². The first kappa shape index (κ1) is 21.6. The van der Waals surface area contributed by atoms with Gasteiger partial charge in [0.25, 0.3) is 5.91 Å². The molecule has 0 atom stereocenters. The topological polar surface area (TPSA) is 98.9 Å². The van der Waals surface area contributed by atoms with Crippen LogP contribution in [0.2, 0.25) is 0 Å². The number of carbonyl (C=O) groups is 1. The van der Waals surface area contributed by atoms with Gasteiger partial charge >= 0.3 is 0 Å². The van der Waals surface area contributed by atoms with Crippen LogP contribution >= 0.6 is 0 Å². The normalized spacial score (nSPS) is 19.5. The lowest BCUT2D eigenvalue weighted by atomic mass is 9.97. The van der Waals surface area contributed by atoms with Crippen molar-refractivity contribution in [2.24, 2.45) is 7.05 Å². The Labute approximate surface area is 184 Å². The van der Waals surface area contributed by atoms with Crippen LogP contribution in [0.1, 0.15) is 68.3 Å². The molecule has 0 radical (unpaired) electrons. The monoisotopic (exact) mass is 423 g/mol. The number of piperidine rings is 1. The second-order valence-corrected chi connectivity index (χ2v) is 8.91. The number of hydrogen-bond acceptors (Lipinski definition) is 6. The van der Waals surface area contributed by atoms with E-state index in [1.807, 2.05) is 19.2 Å². The number of pyridine rings is 1. The summed E-state index contributed by atoms with van der Waals surface area (Å²) in [5, 5.41) is 20.8. The highest BCUT2D eigenvalue weighted by Gasteiger charge is 2.24. The van der Waals surface area contributed by atoms with E-state index in [4.69, 9.17) is 10.2 Å². The lowest BCUT2D eigenvalue weighted by Crippen LogP contribution is -2.44. The average molecular weight is 424 g/mol. The van der Waals surface area contributed by atoms with Gasteiger partial charge in [0, 0.05) is 32.2 Å². The molecule has 8 heteroatoms. The van der Waals surface area contributed by atoms with Crippen molar-refractivity contribution in [2.75, 3.05) is 25.0 Å². The fourth-order valence-corrected chi connectivity index (χ4v) is 4.78. The highest BCUT2D eigenvalue weighted by Crippen LogP contribution is 2.23. The molecule has 166 valence electrons. The highest BCUT2D eigenvalue weighted by molar-refractivity contribution is 6.04. The summed E-state index contributed by atoms with van der Waals surface area (Å²) in [5.74, 6) is 0.713. The fourth-order valence-electron chi connectivity index (χ4n) is 4.78. The van der Waals surface area contributed by atoms with Crippen LogP contribution in [0.4, 0.5) is 5.82 Å². The largest absolute Gasteiger partial charge is 0.367 e. The van der Waals surface area contributed by atoms with E-state index in [1.165, 1.54) is 44.9 Å². The average Bonchev–Trinajstić information content (AvgIpc) is 3.08. The number of hydrogen-bond donors (Lipinski definition) is 2. The minimum atomic E-state index is -0.146. The van der Waals surface area contributed by atoms with Crippen LogP contribution in [-0.4, -0.2) is 57.3 Å². The van der Waals surface area contributed by atoms with Gasteiger partial charge in [0.1, 0.15) is 5.82 Å². The van der Waals surface area contributed by atoms with Gasteiger partial charge < -0.3 is 10.6 Å². The molecule has 1 aliphatic carbocycles. The molecule has 1 aliphatic heterocycles. The van der Waals surface area contributed by atoms with Gasteiger partial charge in [0.2, 0.25) is 0 Å². The van der Waals surface area contributed by atoms with Gasteiger partial charge in [0.15, 0.2) is 11.3 Å². The number of carbonyl (C=O) groups excluding carboxylic acids is 1. The van der Waals surface area contributed by atoms with Gasteiger partial charge in [-0.1, -0.05) is 32.1 Å². The van der Waals surface area contributed by atoms with Gasteiger partial charge in [-0.3, -0.25) is 9.69 Å². The predicted molar refractivity (Wildman–Crippen MR) is 121 cm³/mol. The van der Waals surface area contributed by atoms with Crippen LogP contribution in [0, 0.1) is 11.3 Å². The van der Waals surface area contributed by atoms with Gasteiger partial charge in [-0.2, -0.15) is 10.4 Å².